The third kappa shape index (κ3) is 3.46. The summed E-state index contributed by atoms with van der Waals surface area (Å²) in [4.78, 5) is 49.3. The molecular formula is C19H17N3O4. The average Bonchev–Trinajstić information content (AvgIpc) is 2.65. The van der Waals surface area contributed by atoms with Gasteiger partial charge in [0.2, 0.25) is 11.8 Å². The summed E-state index contributed by atoms with van der Waals surface area (Å²) in [6, 6.07) is 13.2. The summed E-state index contributed by atoms with van der Waals surface area (Å²) in [5.74, 6) is -1.59. The van der Waals surface area contributed by atoms with Crippen LogP contribution in [-0.4, -0.2) is 42.1 Å². The van der Waals surface area contributed by atoms with Gasteiger partial charge in [0.25, 0.3) is 11.8 Å². The smallest absolute Gasteiger partial charge is 0.261 e. The van der Waals surface area contributed by atoms with E-state index in [1.165, 1.54) is 7.05 Å². The molecule has 1 aliphatic heterocycles. The van der Waals surface area contributed by atoms with Crippen molar-refractivity contribution in [3.63, 3.8) is 0 Å². The van der Waals surface area contributed by atoms with Gasteiger partial charge in [0, 0.05) is 23.9 Å². The molecule has 0 unspecified atom stereocenters. The van der Waals surface area contributed by atoms with Gasteiger partial charge in [0.05, 0.1) is 6.42 Å². The quantitative estimate of drug-likeness (QED) is 0.810. The van der Waals surface area contributed by atoms with E-state index in [0.29, 0.717) is 22.4 Å². The molecule has 0 aromatic heterocycles. The zero-order valence-electron chi connectivity index (χ0n) is 14.1. The van der Waals surface area contributed by atoms with Crippen LogP contribution < -0.4 is 10.6 Å². The first kappa shape index (κ1) is 17.3. The van der Waals surface area contributed by atoms with E-state index < -0.39 is 17.7 Å². The molecule has 2 aromatic rings. The molecule has 0 saturated carbocycles. The van der Waals surface area contributed by atoms with Crippen molar-refractivity contribution >= 4 is 29.3 Å². The number of rotatable bonds is 4. The number of imide groups is 1. The summed E-state index contributed by atoms with van der Waals surface area (Å²) >= 11 is 0. The fourth-order valence-electron chi connectivity index (χ4n) is 2.75. The van der Waals surface area contributed by atoms with E-state index in [9.17, 15) is 19.2 Å². The zero-order valence-corrected chi connectivity index (χ0v) is 14.1. The SMILES string of the molecule is CNC(=O)c1ccc(NC(=O)CN2C(=O)Cc3ccccc3C2=O)cc1. The molecular weight excluding hydrogens is 334 g/mol. The van der Waals surface area contributed by atoms with Gasteiger partial charge < -0.3 is 10.6 Å². The number of carbonyl (C=O) groups excluding carboxylic acids is 4. The fraction of sp³-hybridized carbons (Fsp3) is 0.158. The molecule has 4 amide bonds. The lowest BCUT2D eigenvalue weighted by Crippen LogP contribution is -2.46. The van der Waals surface area contributed by atoms with Crippen molar-refractivity contribution in [2.24, 2.45) is 0 Å². The van der Waals surface area contributed by atoms with Crippen LogP contribution in [0.1, 0.15) is 26.3 Å². The highest BCUT2D eigenvalue weighted by Crippen LogP contribution is 2.19. The second-order valence-electron chi connectivity index (χ2n) is 5.82. The molecule has 132 valence electrons. The van der Waals surface area contributed by atoms with Gasteiger partial charge in [-0.05, 0) is 35.9 Å². The highest BCUT2D eigenvalue weighted by atomic mass is 16.2. The van der Waals surface area contributed by atoms with Crippen LogP contribution in [0.25, 0.3) is 0 Å². The van der Waals surface area contributed by atoms with Gasteiger partial charge in [-0.15, -0.1) is 0 Å². The van der Waals surface area contributed by atoms with Crippen LogP contribution in [0, 0.1) is 0 Å². The number of carbonyl (C=O) groups is 4. The molecule has 0 bridgehead atoms. The average molecular weight is 351 g/mol. The van der Waals surface area contributed by atoms with Crippen LogP contribution in [0.5, 0.6) is 0 Å². The Bertz CT molecular complexity index is 890. The summed E-state index contributed by atoms with van der Waals surface area (Å²) < 4.78 is 0. The minimum Gasteiger partial charge on any atom is -0.355 e. The van der Waals surface area contributed by atoms with Crippen molar-refractivity contribution in [3.05, 3.63) is 65.2 Å². The number of anilines is 1. The number of hydrogen-bond acceptors (Lipinski definition) is 4. The first-order valence-corrected chi connectivity index (χ1v) is 8.04. The maximum absolute atomic E-state index is 12.4. The maximum Gasteiger partial charge on any atom is 0.261 e. The van der Waals surface area contributed by atoms with E-state index in [1.54, 1.807) is 48.5 Å². The Morgan fingerprint density at radius 1 is 1.04 bits per heavy atom. The number of fused-ring (bicyclic) bond motifs is 1. The summed E-state index contributed by atoms with van der Waals surface area (Å²) in [5.41, 5.74) is 2.04. The first-order valence-electron chi connectivity index (χ1n) is 8.04. The lowest BCUT2D eigenvalue weighted by Gasteiger charge is -2.26. The number of nitrogens with zero attached hydrogens (tertiary/aromatic N) is 1. The van der Waals surface area contributed by atoms with Gasteiger partial charge in [-0.3, -0.25) is 24.1 Å². The molecule has 2 aromatic carbocycles. The monoisotopic (exact) mass is 351 g/mol. The van der Waals surface area contributed by atoms with Crippen molar-refractivity contribution in [1.29, 1.82) is 0 Å². The number of nitrogens with one attached hydrogen (secondary N) is 2. The third-order valence-electron chi connectivity index (χ3n) is 4.10. The van der Waals surface area contributed by atoms with E-state index >= 15 is 0 Å². The Balaban J connectivity index is 1.67. The summed E-state index contributed by atoms with van der Waals surface area (Å²) in [6.07, 6.45) is 0.0933. The minimum atomic E-state index is -0.487. The number of hydrogen-bond donors (Lipinski definition) is 2. The molecule has 3 rings (SSSR count). The molecule has 1 aliphatic rings. The standard InChI is InChI=1S/C19H17N3O4/c1-20-18(25)12-6-8-14(9-7-12)21-16(23)11-22-17(24)10-13-4-2-3-5-15(13)19(22)26/h2-9H,10-11H2,1H3,(H,20,25)(H,21,23). The number of amides is 4. The summed E-state index contributed by atoms with van der Waals surface area (Å²) in [6.45, 7) is -0.358. The highest BCUT2D eigenvalue weighted by Gasteiger charge is 2.31. The Morgan fingerprint density at radius 2 is 1.73 bits per heavy atom. The van der Waals surface area contributed by atoms with Gasteiger partial charge in [-0.2, -0.15) is 0 Å². The van der Waals surface area contributed by atoms with Crippen molar-refractivity contribution < 1.29 is 19.2 Å². The first-order chi connectivity index (χ1) is 12.5. The Hall–Kier alpha value is -3.48. The van der Waals surface area contributed by atoms with Crippen molar-refractivity contribution in [3.8, 4) is 0 Å². The topological polar surface area (TPSA) is 95.6 Å². The number of benzene rings is 2. The molecule has 0 aliphatic carbocycles. The molecule has 0 spiro atoms. The van der Waals surface area contributed by atoms with Crippen LogP contribution in [-0.2, 0) is 16.0 Å². The molecule has 0 saturated heterocycles. The van der Waals surface area contributed by atoms with Crippen LogP contribution in [0.15, 0.2) is 48.5 Å². The second kappa shape index (κ2) is 7.18. The van der Waals surface area contributed by atoms with E-state index in [1.807, 2.05) is 0 Å². The normalized spacial score (nSPS) is 13.2. The predicted octanol–water partition coefficient (Wildman–Crippen LogP) is 1.21. The third-order valence-corrected chi connectivity index (χ3v) is 4.10. The van der Waals surface area contributed by atoms with E-state index in [2.05, 4.69) is 10.6 Å². The summed E-state index contributed by atoms with van der Waals surface area (Å²) in [7, 11) is 1.53. The van der Waals surface area contributed by atoms with Gasteiger partial charge in [-0.1, -0.05) is 18.2 Å². The molecule has 7 nitrogen and oxygen atoms in total. The molecule has 26 heavy (non-hydrogen) atoms. The Kier molecular flexibility index (Phi) is 4.79. The second-order valence-corrected chi connectivity index (χ2v) is 5.82. The summed E-state index contributed by atoms with van der Waals surface area (Å²) in [5, 5.41) is 5.13. The van der Waals surface area contributed by atoms with Gasteiger partial charge in [0.1, 0.15) is 6.54 Å². The Morgan fingerprint density at radius 3 is 2.42 bits per heavy atom. The van der Waals surface area contributed by atoms with Gasteiger partial charge in [0.15, 0.2) is 0 Å². The highest BCUT2D eigenvalue weighted by molar-refractivity contribution is 6.12. The van der Waals surface area contributed by atoms with Crippen molar-refractivity contribution in [2.75, 3.05) is 18.9 Å². The molecule has 0 fully saturated rings. The molecule has 7 heteroatoms. The lowest BCUT2D eigenvalue weighted by atomic mass is 9.98. The van der Waals surface area contributed by atoms with E-state index in [-0.39, 0.29) is 18.9 Å². The molecule has 0 atom stereocenters. The lowest BCUT2D eigenvalue weighted by molar-refractivity contribution is -0.131. The van der Waals surface area contributed by atoms with Crippen molar-refractivity contribution in [2.45, 2.75) is 6.42 Å². The zero-order chi connectivity index (χ0) is 18.7. The maximum atomic E-state index is 12.4. The van der Waals surface area contributed by atoms with Gasteiger partial charge in [-0.25, -0.2) is 0 Å². The molecule has 2 N–H and O–H groups in total. The van der Waals surface area contributed by atoms with E-state index in [0.717, 1.165) is 4.90 Å². The largest absolute Gasteiger partial charge is 0.355 e. The predicted molar refractivity (Wildman–Crippen MR) is 94.7 cm³/mol. The molecule has 0 radical (unpaired) electrons. The van der Waals surface area contributed by atoms with Crippen molar-refractivity contribution in [1.82, 2.24) is 10.2 Å². The van der Waals surface area contributed by atoms with Crippen LogP contribution >= 0.6 is 0 Å². The Labute approximate surface area is 150 Å². The van der Waals surface area contributed by atoms with Crippen LogP contribution in [0.3, 0.4) is 0 Å². The van der Waals surface area contributed by atoms with E-state index in [4.69, 9.17) is 0 Å². The minimum absolute atomic E-state index is 0.0933. The van der Waals surface area contributed by atoms with Gasteiger partial charge >= 0.3 is 0 Å². The fourth-order valence-corrected chi connectivity index (χ4v) is 2.75. The van der Waals surface area contributed by atoms with Crippen LogP contribution in [0.4, 0.5) is 5.69 Å². The van der Waals surface area contributed by atoms with Crippen LogP contribution in [0.2, 0.25) is 0 Å². The molecule has 1 heterocycles.